The van der Waals surface area contributed by atoms with Gasteiger partial charge in [0.05, 0.1) is 10.6 Å². The topological polar surface area (TPSA) is 85.9 Å². The van der Waals surface area contributed by atoms with Crippen molar-refractivity contribution >= 4 is 21.6 Å². The highest BCUT2D eigenvalue weighted by Gasteiger charge is 2.14. The summed E-state index contributed by atoms with van der Waals surface area (Å²) in [5.74, 6) is 0.474. The fourth-order valence-corrected chi connectivity index (χ4v) is 4.21. The number of hydrogen-bond donors (Lipinski definition) is 1. The van der Waals surface area contributed by atoms with Crippen molar-refractivity contribution in [1.82, 2.24) is 9.97 Å². The van der Waals surface area contributed by atoms with Gasteiger partial charge >= 0.3 is 0 Å². The fraction of sp³-hybridized carbons (Fsp3) is 0.286. The average Bonchev–Trinajstić information content (AvgIpc) is 2.47. The van der Waals surface area contributed by atoms with E-state index in [0.29, 0.717) is 22.3 Å². The molecule has 2 aromatic rings. The molecule has 112 valence electrons. The lowest BCUT2D eigenvalue weighted by atomic mass is 10.2. The van der Waals surface area contributed by atoms with Crippen LogP contribution in [0.5, 0.6) is 0 Å². The number of rotatable bonds is 6. The molecule has 2 N–H and O–H groups in total. The molecular weight excluding hydrogens is 306 g/mol. The lowest BCUT2D eigenvalue weighted by Crippen LogP contribution is -2.09. The van der Waals surface area contributed by atoms with Crippen LogP contribution < -0.4 is 5.73 Å². The summed E-state index contributed by atoms with van der Waals surface area (Å²) in [7, 11) is -3.28. The summed E-state index contributed by atoms with van der Waals surface area (Å²) in [6.45, 7) is 2.28. The van der Waals surface area contributed by atoms with Crippen molar-refractivity contribution in [3.8, 4) is 0 Å². The van der Waals surface area contributed by atoms with Crippen LogP contribution in [0.2, 0.25) is 0 Å². The van der Waals surface area contributed by atoms with Crippen LogP contribution in [0, 0.1) is 6.92 Å². The van der Waals surface area contributed by atoms with E-state index < -0.39 is 9.84 Å². The van der Waals surface area contributed by atoms with Gasteiger partial charge < -0.3 is 5.73 Å². The number of nitrogens with zero attached hydrogens (tertiary/aromatic N) is 2. The molecule has 0 unspecified atom stereocenters. The Morgan fingerprint density at radius 3 is 2.52 bits per heavy atom. The number of nitrogens with two attached hydrogens (primary N) is 1. The van der Waals surface area contributed by atoms with E-state index in [4.69, 9.17) is 5.73 Å². The van der Waals surface area contributed by atoms with Crippen LogP contribution in [-0.4, -0.2) is 29.9 Å². The zero-order valence-electron chi connectivity index (χ0n) is 11.7. The van der Waals surface area contributed by atoms with Gasteiger partial charge in [0.2, 0.25) is 0 Å². The van der Waals surface area contributed by atoms with Crippen LogP contribution in [0.1, 0.15) is 11.3 Å². The maximum Gasteiger partial charge on any atom is 0.187 e. The Bertz CT molecular complexity index is 700. The molecule has 5 nitrogen and oxygen atoms in total. The Hall–Kier alpha value is -1.44. The third-order valence-electron chi connectivity index (χ3n) is 2.87. The van der Waals surface area contributed by atoms with E-state index in [1.807, 2.05) is 6.92 Å². The molecule has 7 heteroatoms. The lowest BCUT2D eigenvalue weighted by Gasteiger charge is -2.05. The standard InChI is InChI=1S/C14H17N3O2S2/c1-11-6-7-16-14(17-11)20-8-9-21(18,19)13-4-2-12(10-15)3-5-13/h2-7H,8-10,15H2,1H3. The monoisotopic (exact) mass is 323 g/mol. The van der Waals surface area contributed by atoms with Crippen molar-refractivity contribution in [2.24, 2.45) is 5.73 Å². The molecule has 0 saturated heterocycles. The van der Waals surface area contributed by atoms with Gasteiger partial charge in [0.25, 0.3) is 0 Å². The molecule has 0 aliphatic rings. The third kappa shape index (κ3) is 4.52. The smallest absolute Gasteiger partial charge is 0.187 e. The largest absolute Gasteiger partial charge is 0.326 e. The van der Waals surface area contributed by atoms with Gasteiger partial charge in [0.15, 0.2) is 15.0 Å². The Balaban J connectivity index is 1.97. The molecule has 0 aliphatic heterocycles. The lowest BCUT2D eigenvalue weighted by molar-refractivity contribution is 0.597. The molecule has 1 aromatic carbocycles. The molecule has 0 bridgehead atoms. The fourth-order valence-electron chi connectivity index (χ4n) is 1.69. The van der Waals surface area contributed by atoms with Gasteiger partial charge in [-0.05, 0) is 30.7 Å². The number of hydrogen-bond acceptors (Lipinski definition) is 6. The minimum atomic E-state index is -3.28. The SMILES string of the molecule is Cc1ccnc(SCCS(=O)(=O)c2ccc(CN)cc2)n1. The van der Waals surface area contributed by atoms with Crippen LogP contribution in [0.4, 0.5) is 0 Å². The van der Waals surface area contributed by atoms with Gasteiger partial charge in [0.1, 0.15) is 0 Å². The second-order valence-electron chi connectivity index (χ2n) is 4.50. The van der Waals surface area contributed by atoms with Crippen molar-refractivity contribution in [2.45, 2.75) is 23.5 Å². The minimum absolute atomic E-state index is 0.0525. The molecule has 1 aromatic heterocycles. The summed E-state index contributed by atoms with van der Waals surface area (Å²) in [6.07, 6.45) is 1.67. The molecule has 1 heterocycles. The zero-order chi connectivity index (χ0) is 15.3. The van der Waals surface area contributed by atoms with Crippen molar-refractivity contribution < 1.29 is 8.42 Å². The van der Waals surface area contributed by atoms with Gasteiger partial charge in [-0.2, -0.15) is 0 Å². The first-order valence-corrected chi connectivity index (χ1v) is 9.09. The van der Waals surface area contributed by atoms with Crippen LogP contribution in [0.15, 0.2) is 46.6 Å². The summed E-state index contributed by atoms with van der Waals surface area (Å²) < 4.78 is 24.4. The quantitative estimate of drug-likeness (QED) is 0.644. The van der Waals surface area contributed by atoms with Crippen LogP contribution in [0.3, 0.4) is 0 Å². The molecule has 2 rings (SSSR count). The van der Waals surface area contributed by atoms with Crippen molar-refractivity contribution in [2.75, 3.05) is 11.5 Å². The minimum Gasteiger partial charge on any atom is -0.326 e. The summed E-state index contributed by atoms with van der Waals surface area (Å²) in [6, 6.07) is 8.49. The van der Waals surface area contributed by atoms with Gasteiger partial charge in [-0.1, -0.05) is 23.9 Å². The van der Waals surface area contributed by atoms with Crippen LogP contribution >= 0.6 is 11.8 Å². The first kappa shape index (κ1) is 15.9. The van der Waals surface area contributed by atoms with Gasteiger partial charge in [0, 0.05) is 24.2 Å². The van der Waals surface area contributed by atoms with Gasteiger partial charge in [-0.25, -0.2) is 18.4 Å². The number of sulfone groups is 1. The Morgan fingerprint density at radius 2 is 1.90 bits per heavy atom. The van der Waals surface area contributed by atoms with Gasteiger partial charge in [-0.3, -0.25) is 0 Å². The van der Waals surface area contributed by atoms with E-state index >= 15 is 0 Å². The van der Waals surface area contributed by atoms with Gasteiger partial charge in [-0.15, -0.1) is 0 Å². The van der Waals surface area contributed by atoms with E-state index in [0.717, 1.165) is 11.3 Å². The van der Waals surface area contributed by atoms with E-state index in [-0.39, 0.29) is 5.75 Å². The number of aryl methyl sites for hydroxylation is 1. The Labute approximate surface area is 128 Å². The molecule has 0 fully saturated rings. The highest BCUT2D eigenvalue weighted by Crippen LogP contribution is 2.17. The number of thioether (sulfide) groups is 1. The second-order valence-corrected chi connectivity index (χ2v) is 7.67. The van der Waals surface area contributed by atoms with Crippen LogP contribution in [0.25, 0.3) is 0 Å². The number of aromatic nitrogens is 2. The highest BCUT2D eigenvalue weighted by atomic mass is 32.2. The summed E-state index contributed by atoms with van der Waals surface area (Å²) in [5, 5.41) is 0.601. The van der Waals surface area contributed by atoms with E-state index in [1.165, 1.54) is 11.8 Å². The van der Waals surface area contributed by atoms with Crippen molar-refractivity contribution in [1.29, 1.82) is 0 Å². The molecule has 0 aliphatic carbocycles. The summed E-state index contributed by atoms with van der Waals surface area (Å²) in [5.41, 5.74) is 7.28. The Kier molecular flexibility index (Phi) is 5.33. The predicted octanol–water partition coefficient (Wildman–Crippen LogP) is 1.81. The Morgan fingerprint density at radius 1 is 1.19 bits per heavy atom. The molecule has 0 amide bonds. The normalized spacial score (nSPS) is 11.5. The zero-order valence-corrected chi connectivity index (χ0v) is 13.3. The van der Waals surface area contributed by atoms with Crippen molar-refractivity contribution in [3.05, 3.63) is 47.8 Å². The molecule has 21 heavy (non-hydrogen) atoms. The van der Waals surface area contributed by atoms with E-state index in [2.05, 4.69) is 9.97 Å². The maximum absolute atomic E-state index is 12.2. The summed E-state index contributed by atoms with van der Waals surface area (Å²) >= 11 is 1.34. The second kappa shape index (κ2) is 7.02. The van der Waals surface area contributed by atoms with Crippen molar-refractivity contribution in [3.63, 3.8) is 0 Å². The average molecular weight is 323 g/mol. The first-order chi connectivity index (χ1) is 10.0. The molecule has 0 atom stereocenters. The first-order valence-electron chi connectivity index (χ1n) is 6.45. The van der Waals surface area contributed by atoms with E-state index in [1.54, 1.807) is 36.5 Å². The highest BCUT2D eigenvalue weighted by molar-refractivity contribution is 8.00. The summed E-state index contributed by atoms with van der Waals surface area (Å²) in [4.78, 5) is 8.65. The molecular formula is C14H17N3O2S2. The third-order valence-corrected chi connectivity index (χ3v) is 5.73. The molecule has 0 saturated carbocycles. The molecule has 0 spiro atoms. The van der Waals surface area contributed by atoms with Crippen LogP contribution in [-0.2, 0) is 16.4 Å². The molecule has 0 radical (unpaired) electrons. The predicted molar refractivity (Wildman–Crippen MR) is 83.9 cm³/mol. The number of benzene rings is 1. The maximum atomic E-state index is 12.2. The van der Waals surface area contributed by atoms with E-state index in [9.17, 15) is 8.42 Å².